The van der Waals surface area contributed by atoms with Crippen LogP contribution in [0, 0.1) is 0 Å². The molecule has 0 aliphatic heterocycles. The smallest absolute Gasteiger partial charge is 0.222 e. The summed E-state index contributed by atoms with van der Waals surface area (Å²) in [5.74, 6) is 1.46. The quantitative estimate of drug-likeness (QED) is 0.761. The lowest BCUT2D eigenvalue weighted by molar-refractivity contribution is -0.130. The van der Waals surface area contributed by atoms with Crippen molar-refractivity contribution in [3.05, 3.63) is 58.6 Å². The SMILES string of the molecule is COc1ccc(CCC(=O)N(C)Cc2ccc(Cl)cc2)cc1OC. The van der Waals surface area contributed by atoms with Crippen LogP contribution in [0.25, 0.3) is 0 Å². The third-order valence-corrected chi connectivity index (χ3v) is 4.09. The van der Waals surface area contributed by atoms with Crippen molar-refractivity contribution in [1.29, 1.82) is 0 Å². The number of carbonyl (C=O) groups is 1. The predicted octanol–water partition coefficient (Wildman–Crippen LogP) is 3.95. The Kier molecular flexibility index (Phi) is 6.50. The highest BCUT2D eigenvalue weighted by atomic mass is 35.5. The molecular weight excluding hydrogens is 326 g/mol. The van der Waals surface area contributed by atoms with Crippen molar-refractivity contribution < 1.29 is 14.3 Å². The summed E-state index contributed by atoms with van der Waals surface area (Å²) in [5, 5.41) is 0.696. The molecule has 2 aromatic carbocycles. The summed E-state index contributed by atoms with van der Waals surface area (Å²) in [5.41, 5.74) is 2.10. The molecule has 0 N–H and O–H groups in total. The summed E-state index contributed by atoms with van der Waals surface area (Å²) in [4.78, 5) is 14.0. The maximum Gasteiger partial charge on any atom is 0.222 e. The minimum absolute atomic E-state index is 0.0970. The molecule has 4 nitrogen and oxygen atoms in total. The maximum atomic E-state index is 12.3. The van der Waals surface area contributed by atoms with Gasteiger partial charge in [0.15, 0.2) is 11.5 Å². The van der Waals surface area contributed by atoms with Crippen molar-refractivity contribution in [2.24, 2.45) is 0 Å². The fourth-order valence-corrected chi connectivity index (χ4v) is 2.56. The van der Waals surface area contributed by atoms with Crippen LogP contribution in [-0.4, -0.2) is 32.1 Å². The van der Waals surface area contributed by atoms with E-state index < -0.39 is 0 Å². The Morgan fingerprint density at radius 3 is 2.25 bits per heavy atom. The van der Waals surface area contributed by atoms with E-state index >= 15 is 0 Å². The topological polar surface area (TPSA) is 38.8 Å². The molecule has 1 amide bonds. The van der Waals surface area contributed by atoms with Crippen molar-refractivity contribution in [1.82, 2.24) is 4.90 Å². The maximum absolute atomic E-state index is 12.3. The normalized spacial score (nSPS) is 10.3. The molecule has 0 fully saturated rings. The van der Waals surface area contributed by atoms with Gasteiger partial charge in [-0.05, 0) is 41.8 Å². The lowest BCUT2D eigenvalue weighted by atomic mass is 10.1. The van der Waals surface area contributed by atoms with Crippen LogP contribution in [0.15, 0.2) is 42.5 Å². The van der Waals surface area contributed by atoms with Crippen LogP contribution >= 0.6 is 11.6 Å². The van der Waals surface area contributed by atoms with Gasteiger partial charge in [-0.25, -0.2) is 0 Å². The first-order chi connectivity index (χ1) is 11.5. The van der Waals surface area contributed by atoms with Gasteiger partial charge in [0.05, 0.1) is 14.2 Å². The van der Waals surface area contributed by atoms with Gasteiger partial charge in [-0.15, -0.1) is 0 Å². The largest absolute Gasteiger partial charge is 0.493 e. The molecule has 128 valence electrons. The Bertz CT molecular complexity index is 686. The summed E-state index contributed by atoms with van der Waals surface area (Å²) in [6.45, 7) is 0.571. The lowest BCUT2D eigenvalue weighted by Crippen LogP contribution is -2.26. The Labute approximate surface area is 147 Å². The third-order valence-electron chi connectivity index (χ3n) is 3.83. The Morgan fingerprint density at radius 2 is 1.62 bits per heavy atom. The number of halogens is 1. The van der Waals surface area contributed by atoms with Crippen molar-refractivity contribution in [3.63, 3.8) is 0 Å². The minimum Gasteiger partial charge on any atom is -0.493 e. The van der Waals surface area contributed by atoms with Crippen molar-refractivity contribution in [2.45, 2.75) is 19.4 Å². The van der Waals surface area contributed by atoms with E-state index in [1.165, 1.54) is 0 Å². The van der Waals surface area contributed by atoms with Gasteiger partial charge >= 0.3 is 0 Å². The fourth-order valence-electron chi connectivity index (χ4n) is 2.43. The van der Waals surface area contributed by atoms with Crippen LogP contribution in [0.5, 0.6) is 11.5 Å². The Morgan fingerprint density at radius 1 is 1.00 bits per heavy atom. The summed E-state index contributed by atoms with van der Waals surface area (Å²) in [6, 6.07) is 13.2. The van der Waals surface area contributed by atoms with E-state index in [9.17, 15) is 4.79 Å². The van der Waals surface area contributed by atoms with Gasteiger partial charge < -0.3 is 14.4 Å². The van der Waals surface area contributed by atoms with Gasteiger partial charge in [-0.1, -0.05) is 29.8 Å². The summed E-state index contributed by atoms with van der Waals surface area (Å²) >= 11 is 5.87. The van der Waals surface area contributed by atoms with Crippen LogP contribution in [0.3, 0.4) is 0 Å². The van der Waals surface area contributed by atoms with Gasteiger partial charge in [0, 0.05) is 25.0 Å². The molecular formula is C19H22ClNO3. The molecule has 0 spiro atoms. The molecule has 0 radical (unpaired) electrons. The van der Waals surface area contributed by atoms with E-state index in [2.05, 4.69) is 0 Å². The molecule has 5 heteroatoms. The van der Waals surface area contributed by atoms with E-state index in [0.717, 1.165) is 11.1 Å². The summed E-state index contributed by atoms with van der Waals surface area (Å²) in [7, 11) is 5.02. The zero-order chi connectivity index (χ0) is 17.5. The zero-order valence-corrected chi connectivity index (χ0v) is 15.0. The van der Waals surface area contributed by atoms with Crippen LogP contribution in [0.1, 0.15) is 17.5 Å². The Balaban J connectivity index is 1.91. The number of aryl methyl sites for hydroxylation is 1. The number of hydrogen-bond donors (Lipinski definition) is 0. The number of hydrogen-bond acceptors (Lipinski definition) is 3. The highest BCUT2D eigenvalue weighted by Gasteiger charge is 2.11. The van der Waals surface area contributed by atoms with E-state index in [1.807, 2.05) is 49.5 Å². The highest BCUT2D eigenvalue weighted by molar-refractivity contribution is 6.30. The molecule has 0 heterocycles. The van der Waals surface area contributed by atoms with Crippen molar-refractivity contribution >= 4 is 17.5 Å². The molecule has 2 rings (SSSR count). The second kappa shape index (κ2) is 8.60. The van der Waals surface area contributed by atoms with Gasteiger partial charge in [-0.2, -0.15) is 0 Å². The minimum atomic E-state index is 0.0970. The monoisotopic (exact) mass is 347 g/mol. The number of methoxy groups -OCH3 is 2. The number of rotatable bonds is 7. The van der Waals surface area contributed by atoms with Gasteiger partial charge in [0.1, 0.15) is 0 Å². The van der Waals surface area contributed by atoms with Crippen molar-refractivity contribution in [2.75, 3.05) is 21.3 Å². The first-order valence-electron chi connectivity index (χ1n) is 7.72. The molecule has 0 aliphatic rings. The van der Waals surface area contributed by atoms with Gasteiger partial charge in [-0.3, -0.25) is 4.79 Å². The fraction of sp³-hybridized carbons (Fsp3) is 0.316. The first kappa shape index (κ1) is 18.1. The van der Waals surface area contributed by atoms with Gasteiger partial charge in [0.2, 0.25) is 5.91 Å². The van der Waals surface area contributed by atoms with E-state index in [0.29, 0.717) is 35.9 Å². The average Bonchev–Trinajstić information content (AvgIpc) is 2.61. The van der Waals surface area contributed by atoms with Gasteiger partial charge in [0.25, 0.3) is 0 Å². The van der Waals surface area contributed by atoms with Crippen molar-refractivity contribution in [3.8, 4) is 11.5 Å². The van der Waals surface area contributed by atoms with E-state index in [-0.39, 0.29) is 5.91 Å². The van der Waals surface area contributed by atoms with Crippen LogP contribution in [0.4, 0.5) is 0 Å². The van der Waals surface area contributed by atoms with Crippen LogP contribution in [-0.2, 0) is 17.8 Å². The third kappa shape index (κ3) is 4.90. The molecule has 0 aliphatic carbocycles. The molecule has 2 aromatic rings. The number of carbonyl (C=O) groups excluding carboxylic acids is 1. The van der Waals surface area contributed by atoms with E-state index in [1.54, 1.807) is 19.1 Å². The second-order valence-electron chi connectivity index (χ2n) is 5.57. The molecule has 0 bridgehead atoms. The second-order valence-corrected chi connectivity index (χ2v) is 6.00. The molecule has 0 saturated carbocycles. The number of benzene rings is 2. The summed E-state index contributed by atoms with van der Waals surface area (Å²) < 4.78 is 10.5. The predicted molar refractivity (Wildman–Crippen MR) is 95.8 cm³/mol. The van der Waals surface area contributed by atoms with E-state index in [4.69, 9.17) is 21.1 Å². The standard InChI is InChI=1S/C19H22ClNO3/c1-21(13-15-4-8-16(20)9-5-15)19(22)11-7-14-6-10-17(23-2)18(12-14)24-3/h4-6,8-10,12H,7,11,13H2,1-3H3. The Hall–Kier alpha value is -2.20. The van der Waals surface area contributed by atoms with Crippen LogP contribution in [0.2, 0.25) is 5.02 Å². The number of ether oxygens (including phenoxy) is 2. The molecule has 0 atom stereocenters. The number of nitrogens with zero attached hydrogens (tertiary/aromatic N) is 1. The van der Waals surface area contributed by atoms with Crippen LogP contribution < -0.4 is 9.47 Å². The zero-order valence-electron chi connectivity index (χ0n) is 14.2. The molecule has 0 saturated heterocycles. The number of amides is 1. The lowest BCUT2D eigenvalue weighted by Gasteiger charge is -2.17. The summed E-state index contributed by atoms with van der Waals surface area (Å²) in [6.07, 6.45) is 1.10. The molecule has 0 unspecified atom stereocenters. The molecule has 0 aromatic heterocycles. The molecule has 24 heavy (non-hydrogen) atoms. The average molecular weight is 348 g/mol. The first-order valence-corrected chi connectivity index (χ1v) is 8.10. The highest BCUT2D eigenvalue weighted by Crippen LogP contribution is 2.28.